The van der Waals surface area contributed by atoms with Crippen LogP contribution in [0.1, 0.15) is 70.4 Å². The number of carbonyl (C=O) groups excluding carboxylic acids is 2. The van der Waals surface area contributed by atoms with Crippen molar-refractivity contribution < 1.29 is 22.2 Å². The Hall–Kier alpha value is -3.39. The number of ketones is 2. The molecular weight excluding hydrogens is 629 g/mol. The van der Waals surface area contributed by atoms with Gasteiger partial charge in [-0.3, -0.25) is 9.59 Å². The number of carbonyl (C=O) groups is 2. The molecule has 9 heteroatoms. The number of hydrogen-bond donors (Lipinski definition) is 0. The van der Waals surface area contributed by atoms with Crippen LogP contribution in [0.3, 0.4) is 0 Å². The molecule has 0 atom stereocenters. The lowest BCUT2D eigenvalue weighted by Gasteiger charge is -2.49. The quantitative estimate of drug-likeness (QED) is 0.246. The molecule has 6 nitrogen and oxygen atoms in total. The number of benzene rings is 3. The molecule has 6 rings (SSSR count). The van der Waals surface area contributed by atoms with Crippen LogP contribution in [0.2, 0.25) is 10.0 Å². The number of rotatable bonds is 6. The molecule has 1 aliphatic heterocycles. The number of hydrogen-bond acceptors (Lipinski definition) is 6. The van der Waals surface area contributed by atoms with E-state index in [1.165, 1.54) is 30.3 Å². The van der Waals surface area contributed by atoms with E-state index in [2.05, 4.69) is 32.6 Å². The Morgan fingerprint density at radius 3 is 1.84 bits per heavy atom. The highest BCUT2D eigenvalue weighted by Gasteiger charge is 2.49. The maximum atomic E-state index is 14.2. The second kappa shape index (κ2) is 11.4. The van der Waals surface area contributed by atoms with E-state index >= 15 is 0 Å². The summed E-state index contributed by atoms with van der Waals surface area (Å²) in [5, 5.41) is 0.726. The summed E-state index contributed by atoms with van der Waals surface area (Å²) in [4.78, 5) is 30.6. The molecule has 0 fully saturated rings. The Morgan fingerprint density at radius 1 is 0.756 bits per heavy atom. The van der Waals surface area contributed by atoms with E-state index in [4.69, 9.17) is 27.4 Å². The summed E-state index contributed by atoms with van der Waals surface area (Å²) in [5.74, 6) is -0.951. The maximum absolute atomic E-state index is 14.2. The van der Waals surface area contributed by atoms with Gasteiger partial charge in [0.25, 0.3) is 0 Å². The Kier molecular flexibility index (Phi) is 8.03. The molecule has 2 aliphatic carbocycles. The Bertz CT molecular complexity index is 1820. The number of Topliss-reactive ketones (excluding diaryl/α,β-unsaturated/α-hetero) is 2. The van der Waals surface area contributed by atoms with E-state index < -0.39 is 16.0 Å². The molecule has 0 amide bonds. The lowest BCUT2D eigenvalue weighted by atomic mass is 9.63. The molecule has 0 saturated heterocycles. The number of halogens is 2. The number of nitrogens with zero attached hydrogens (tertiary/aromatic N) is 1. The zero-order chi connectivity index (χ0) is 32.3. The molecule has 3 aliphatic rings. The van der Waals surface area contributed by atoms with E-state index in [1.54, 1.807) is 12.1 Å². The van der Waals surface area contributed by atoms with Crippen LogP contribution in [-0.4, -0.2) is 24.9 Å². The van der Waals surface area contributed by atoms with Crippen molar-refractivity contribution >= 4 is 44.9 Å². The first-order valence-corrected chi connectivity index (χ1v) is 17.1. The Labute approximate surface area is 274 Å². The van der Waals surface area contributed by atoms with Crippen molar-refractivity contribution in [2.75, 3.05) is 0 Å². The SMILES string of the molecule is CC1(C)CC(=O)C2=C(C1)N(Cc1ccccc1)C1=C(C(=O)CC(C)(C)C1)C2c1cc(Cl)ccc1OS(=O)(=O)c1ccc(Cl)cc1. The highest BCUT2D eigenvalue weighted by molar-refractivity contribution is 7.87. The summed E-state index contributed by atoms with van der Waals surface area (Å²) in [7, 11) is -4.29. The van der Waals surface area contributed by atoms with Gasteiger partial charge in [-0.25, -0.2) is 0 Å². The van der Waals surface area contributed by atoms with Gasteiger partial charge in [-0.05, 0) is 71.7 Å². The van der Waals surface area contributed by atoms with Gasteiger partial charge in [-0.2, -0.15) is 8.42 Å². The summed E-state index contributed by atoms with van der Waals surface area (Å²) in [6.45, 7) is 8.82. The highest BCUT2D eigenvalue weighted by atomic mass is 35.5. The van der Waals surface area contributed by atoms with Crippen molar-refractivity contribution in [1.29, 1.82) is 0 Å². The summed E-state index contributed by atoms with van der Waals surface area (Å²) in [5.41, 5.74) is 3.55. The van der Waals surface area contributed by atoms with Crippen molar-refractivity contribution in [3.05, 3.63) is 117 Å². The summed E-state index contributed by atoms with van der Waals surface area (Å²) in [6, 6.07) is 20.4. The molecule has 3 aromatic carbocycles. The first-order valence-electron chi connectivity index (χ1n) is 15.0. The molecule has 1 heterocycles. The molecule has 0 spiro atoms. The predicted molar refractivity (Wildman–Crippen MR) is 176 cm³/mol. The largest absolute Gasteiger partial charge is 0.379 e. The van der Waals surface area contributed by atoms with E-state index in [-0.39, 0.29) is 33.0 Å². The van der Waals surface area contributed by atoms with Crippen molar-refractivity contribution in [1.82, 2.24) is 4.90 Å². The van der Waals surface area contributed by atoms with Gasteiger partial charge < -0.3 is 9.08 Å². The van der Waals surface area contributed by atoms with Crippen LogP contribution in [0, 0.1) is 10.8 Å². The fourth-order valence-corrected chi connectivity index (χ4v) is 8.16. The van der Waals surface area contributed by atoms with Gasteiger partial charge >= 0.3 is 10.1 Å². The Balaban J connectivity index is 1.58. The third-order valence-corrected chi connectivity index (χ3v) is 10.5. The third kappa shape index (κ3) is 6.23. The van der Waals surface area contributed by atoms with Crippen LogP contribution in [0.25, 0.3) is 0 Å². The van der Waals surface area contributed by atoms with Gasteiger partial charge in [-0.15, -0.1) is 0 Å². The lowest BCUT2D eigenvalue weighted by molar-refractivity contribution is -0.119. The van der Waals surface area contributed by atoms with Gasteiger partial charge in [0.05, 0.1) is 0 Å². The summed E-state index contributed by atoms with van der Waals surface area (Å²) < 4.78 is 32.8. The fourth-order valence-electron chi connectivity index (χ4n) is 6.90. The van der Waals surface area contributed by atoms with Crippen LogP contribution in [0.5, 0.6) is 5.75 Å². The highest BCUT2D eigenvalue weighted by Crippen LogP contribution is 2.56. The van der Waals surface area contributed by atoms with Crippen LogP contribution in [0.4, 0.5) is 0 Å². The third-order valence-electron chi connectivity index (χ3n) is 8.79. The van der Waals surface area contributed by atoms with Crippen LogP contribution < -0.4 is 4.18 Å². The number of allylic oxidation sites excluding steroid dienone is 4. The maximum Gasteiger partial charge on any atom is 0.339 e. The van der Waals surface area contributed by atoms with Crippen molar-refractivity contribution in [3.8, 4) is 5.75 Å². The average Bonchev–Trinajstić information content (AvgIpc) is 2.94. The summed E-state index contributed by atoms with van der Waals surface area (Å²) >= 11 is 12.6. The van der Waals surface area contributed by atoms with E-state index in [0.717, 1.165) is 17.0 Å². The predicted octanol–water partition coefficient (Wildman–Crippen LogP) is 8.65. The fraction of sp³-hybridized carbons (Fsp3) is 0.333. The lowest BCUT2D eigenvalue weighted by Crippen LogP contribution is -2.44. The average molecular weight is 665 g/mol. The van der Waals surface area contributed by atoms with Gasteiger partial charge in [0.15, 0.2) is 11.6 Å². The van der Waals surface area contributed by atoms with Crippen LogP contribution in [-0.2, 0) is 26.3 Å². The van der Waals surface area contributed by atoms with Crippen molar-refractivity contribution in [2.24, 2.45) is 10.8 Å². The smallest absolute Gasteiger partial charge is 0.339 e. The molecule has 0 unspecified atom stereocenters. The van der Waals surface area contributed by atoms with E-state index in [1.807, 2.05) is 30.3 Å². The monoisotopic (exact) mass is 663 g/mol. The molecule has 3 aromatic rings. The molecular formula is C36H35Cl2NO5S. The van der Waals surface area contributed by atoms with E-state index in [0.29, 0.717) is 59.0 Å². The molecule has 234 valence electrons. The normalized spacial score (nSPS) is 19.8. The zero-order valence-corrected chi connectivity index (χ0v) is 28.0. The second-order valence-electron chi connectivity index (χ2n) is 13.8. The molecule has 0 aromatic heterocycles. The minimum absolute atomic E-state index is 0.0184. The van der Waals surface area contributed by atoms with E-state index in [9.17, 15) is 18.0 Å². The zero-order valence-electron chi connectivity index (χ0n) is 25.7. The first-order chi connectivity index (χ1) is 21.1. The topological polar surface area (TPSA) is 80.8 Å². The minimum atomic E-state index is -4.29. The first kappa shape index (κ1) is 31.6. The van der Waals surface area contributed by atoms with Crippen LogP contribution >= 0.6 is 23.2 Å². The van der Waals surface area contributed by atoms with Gasteiger partial charge in [0.1, 0.15) is 10.6 Å². The van der Waals surface area contributed by atoms with Gasteiger partial charge in [0.2, 0.25) is 0 Å². The molecule has 0 N–H and O–H groups in total. The molecule has 45 heavy (non-hydrogen) atoms. The van der Waals surface area contributed by atoms with Crippen LogP contribution in [0.15, 0.2) is 100 Å². The standard InChI is InChI=1S/C36H35Cl2NO5S/c1-35(2)17-27-33(29(40)19-35)32(26-16-24(38)12-15-31(26)44-45(42,43)25-13-10-23(37)11-14-25)34-28(18-36(3,4)20-30(34)41)39(27)21-22-8-6-5-7-9-22/h5-16,32H,17-21H2,1-4H3. The summed E-state index contributed by atoms with van der Waals surface area (Å²) in [6.07, 6.45) is 1.82. The molecule has 0 bridgehead atoms. The minimum Gasteiger partial charge on any atom is -0.379 e. The van der Waals surface area contributed by atoms with Gasteiger partial charge in [-0.1, -0.05) is 81.2 Å². The van der Waals surface area contributed by atoms with Crippen molar-refractivity contribution in [2.45, 2.75) is 70.7 Å². The van der Waals surface area contributed by atoms with Gasteiger partial charge in [0, 0.05) is 63.5 Å². The molecule has 0 radical (unpaired) electrons. The van der Waals surface area contributed by atoms with Crippen molar-refractivity contribution in [3.63, 3.8) is 0 Å². The Morgan fingerprint density at radius 2 is 1.29 bits per heavy atom. The second-order valence-corrected chi connectivity index (χ2v) is 16.2. The molecule has 0 saturated carbocycles.